The molecule has 4 rings (SSSR count). The van der Waals surface area contributed by atoms with Crippen LogP contribution in [-0.2, 0) is 16.0 Å². The number of amides is 1. The number of nitrogens with two attached hydrogens (primary N) is 1. The minimum atomic E-state index is 0.0417. The zero-order valence-electron chi connectivity index (χ0n) is 17.5. The van der Waals surface area contributed by atoms with Crippen LogP contribution >= 0.6 is 0 Å². The molecule has 0 aliphatic carbocycles. The van der Waals surface area contributed by atoms with Crippen LogP contribution in [0.15, 0.2) is 24.3 Å². The number of carbonyl (C=O) groups is 1. The number of hydrogen-bond donors (Lipinski definition) is 2. The van der Waals surface area contributed by atoms with Gasteiger partial charge in [0.2, 0.25) is 5.91 Å². The minimum Gasteiger partial charge on any atom is -0.381 e. The van der Waals surface area contributed by atoms with E-state index in [9.17, 15) is 4.79 Å². The van der Waals surface area contributed by atoms with E-state index in [4.69, 9.17) is 10.5 Å². The van der Waals surface area contributed by atoms with Crippen LogP contribution in [0.1, 0.15) is 37.7 Å². The summed E-state index contributed by atoms with van der Waals surface area (Å²) in [6, 6.07) is 9.32. The van der Waals surface area contributed by atoms with Crippen molar-refractivity contribution in [2.75, 3.05) is 50.8 Å². The molecule has 0 bridgehead atoms. The number of fused-ring (bicyclic) bond motifs is 1. The molecule has 1 aromatic rings. The van der Waals surface area contributed by atoms with Gasteiger partial charge in [-0.2, -0.15) is 0 Å². The highest BCUT2D eigenvalue weighted by atomic mass is 16.5. The number of benzene rings is 1. The number of rotatable bonds is 5. The second kappa shape index (κ2) is 9.92. The van der Waals surface area contributed by atoms with Crippen molar-refractivity contribution in [1.29, 1.82) is 0 Å². The van der Waals surface area contributed by atoms with Crippen molar-refractivity contribution in [1.82, 2.24) is 10.2 Å². The molecular weight excluding hydrogens is 364 g/mol. The summed E-state index contributed by atoms with van der Waals surface area (Å²) in [6.45, 7) is 6.03. The fourth-order valence-electron chi connectivity index (χ4n) is 5.12. The quantitative estimate of drug-likeness (QED) is 0.788. The van der Waals surface area contributed by atoms with Gasteiger partial charge in [0, 0.05) is 63.7 Å². The molecule has 0 saturated carbocycles. The summed E-state index contributed by atoms with van der Waals surface area (Å²) < 4.78 is 5.52. The summed E-state index contributed by atoms with van der Waals surface area (Å²) in [5.41, 5.74) is 9.08. The molecule has 2 saturated heterocycles. The van der Waals surface area contributed by atoms with E-state index < -0.39 is 0 Å². The highest BCUT2D eigenvalue weighted by Gasteiger charge is 2.31. The van der Waals surface area contributed by atoms with Crippen LogP contribution in [0.4, 0.5) is 5.69 Å². The summed E-state index contributed by atoms with van der Waals surface area (Å²) in [4.78, 5) is 17.8. The first-order valence-electron chi connectivity index (χ1n) is 11.4. The van der Waals surface area contributed by atoms with Gasteiger partial charge in [-0.25, -0.2) is 0 Å². The molecule has 1 amide bonds. The Bertz CT molecular complexity index is 677. The third-order valence-corrected chi connectivity index (χ3v) is 6.78. The average Bonchev–Trinajstić information content (AvgIpc) is 2.96. The molecule has 1 aromatic carbocycles. The summed E-state index contributed by atoms with van der Waals surface area (Å²) in [6.07, 6.45) is 6.26. The van der Waals surface area contributed by atoms with E-state index >= 15 is 0 Å². The smallest absolute Gasteiger partial charge is 0.224 e. The topological polar surface area (TPSA) is 70.8 Å². The van der Waals surface area contributed by atoms with Gasteiger partial charge in [-0.15, -0.1) is 0 Å². The largest absolute Gasteiger partial charge is 0.381 e. The zero-order chi connectivity index (χ0) is 20.1. The van der Waals surface area contributed by atoms with Gasteiger partial charge >= 0.3 is 0 Å². The molecule has 3 aliphatic rings. The predicted molar refractivity (Wildman–Crippen MR) is 116 cm³/mol. The highest BCUT2D eigenvalue weighted by molar-refractivity contribution is 5.79. The monoisotopic (exact) mass is 400 g/mol. The maximum absolute atomic E-state index is 13.0. The number of nitrogens with zero attached hydrogens (tertiary/aromatic N) is 2. The summed E-state index contributed by atoms with van der Waals surface area (Å²) in [5.74, 6) is 0.237. The second-order valence-electron chi connectivity index (χ2n) is 8.84. The molecule has 29 heavy (non-hydrogen) atoms. The van der Waals surface area contributed by atoms with Crippen LogP contribution in [0.5, 0.6) is 0 Å². The van der Waals surface area contributed by atoms with E-state index in [1.165, 1.54) is 17.7 Å². The molecule has 0 aromatic heterocycles. The molecule has 3 heterocycles. The lowest BCUT2D eigenvalue weighted by molar-refractivity contribution is -0.125. The third kappa shape index (κ3) is 5.30. The first-order chi connectivity index (χ1) is 14.2. The van der Waals surface area contributed by atoms with Crippen LogP contribution < -0.4 is 16.0 Å². The van der Waals surface area contributed by atoms with Gasteiger partial charge in [0.05, 0.1) is 5.92 Å². The van der Waals surface area contributed by atoms with Crippen LogP contribution in [0, 0.1) is 5.92 Å². The molecule has 0 unspecified atom stereocenters. The number of carbonyl (C=O) groups excluding carboxylic acids is 1. The van der Waals surface area contributed by atoms with E-state index in [1.54, 1.807) is 0 Å². The van der Waals surface area contributed by atoms with Crippen LogP contribution in [0.2, 0.25) is 0 Å². The van der Waals surface area contributed by atoms with E-state index in [0.29, 0.717) is 12.6 Å². The number of nitrogens with one attached hydrogen (secondary N) is 1. The molecule has 6 heteroatoms. The first-order valence-corrected chi connectivity index (χ1v) is 11.4. The number of anilines is 1. The van der Waals surface area contributed by atoms with Gasteiger partial charge in [0.25, 0.3) is 0 Å². The van der Waals surface area contributed by atoms with Crippen LogP contribution in [0.25, 0.3) is 0 Å². The molecule has 2 atom stereocenters. The number of ether oxygens (including phenoxy) is 1. The Hall–Kier alpha value is -1.63. The molecule has 2 fully saturated rings. The van der Waals surface area contributed by atoms with Crippen molar-refractivity contribution in [3.63, 3.8) is 0 Å². The van der Waals surface area contributed by atoms with E-state index in [1.807, 2.05) is 0 Å². The Kier molecular flexibility index (Phi) is 7.06. The van der Waals surface area contributed by atoms with Gasteiger partial charge in [-0.05, 0) is 50.2 Å². The van der Waals surface area contributed by atoms with Gasteiger partial charge in [0.15, 0.2) is 0 Å². The number of hydrogen-bond acceptors (Lipinski definition) is 5. The predicted octanol–water partition coefficient (Wildman–Crippen LogP) is 1.77. The Labute approximate surface area is 174 Å². The zero-order valence-corrected chi connectivity index (χ0v) is 17.5. The fraction of sp³-hybridized carbons (Fsp3) is 0.696. The molecular formula is C23H36N4O2. The number of aryl methyl sites for hydroxylation is 1. The van der Waals surface area contributed by atoms with Crippen molar-refractivity contribution in [2.45, 2.75) is 50.6 Å². The Morgan fingerprint density at radius 1 is 1.14 bits per heavy atom. The molecule has 160 valence electrons. The first kappa shape index (κ1) is 20.6. The van der Waals surface area contributed by atoms with Crippen molar-refractivity contribution in [3.05, 3.63) is 29.8 Å². The van der Waals surface area contributed by atoms with Gasteiger partial charge in [-0.1, -0.05) is 18.2 Å². The maximum Gasteiger partial charge on any atom is 0.224 e. The molecule has 6 nitrogen and oxygen atoms in total. The van der Waals surface area contributed by atoms with Crippen molar-refractivity contribution >= 4 is 11.6 Å². The van der Waals surface area contributed by atoms with Crippen molar-refractivity contribution < 1.29 is 9.53 Å². The fourth-order valence-corrected chi connectivity index (χ4v) is 5.12. The van der Waals surface area contributed by atoms with E-state index in [0.717, 1.165) is 71.5 Å². The van der Waals surface area contributed by atoms with Gasteiger partial charge < -0.3 is 20.7 Å². The van der Waals surface area contributed by atoms with Crippen molar-refractivity contribution in [3.8, 4) is 0 Å². The lowest BCUT2D eigenvalue weighted by Crippen LogP contribution is -2.47. The SMILES string of the molecule is N[C@H]1CC[C@@H](C(=O)NCCN2CCCc3ccccc32)CN(C2CCOCC2)C1. The Morgan fingerprint density at radius 3 is 2.83 bits per heavy atom. The average molecular weight is 401 g/mol. The summed E-state index contributed by atoms with van der Waals surface area (Å²) >= 11 is 0. The Morgan fingerprint density at radius 2 is 1.97 bits per heavy atom. The number of para-hydroxylation sites is 1. The Balaban J connectivity index is 1.29. The molecule has 3 N–H and O–H groups in total. The van der Waals surface area contributed by atoms with Crippen LogP contribution in [0.3, 0.4) is 0 Å². The highest BCUT2D eigenvalue weighted by Crippen LogP contribution is 2.26. The van der Waals surface area contributed by atoms with Crippen molar-refractivity contribution in [2.24, 2.45) is 11.7 Å². The van der Waals surface area contributed by atoms with Crippen LogP contribution in [-0.4, -0.2) is 68.8 Å². The third-order valence-electron chi connectivity index (χ3n) is 6.78. The maximum atomic E-state index is 13.0. The standard InChI is InChI=1S/C23H36N4O2/c24-20-8-7-19(16-27(17-20)21-9-14-29-15-10-21)23(28)25-11-13-26-12-3-5-18-4-1-2-6-22(18)26/h1-2,4,6,19-21H,3,5,7-17,24H2,(H,25,28)/t19-,20+/m1/s1. The van der Waals surface area contributed by atoms with Gasteiger partial charge in [0.1, 0.15) is 0 Å². The normalized spacial score (nSPS) is 26.6. The summed E-state index contributed by atoms with van der Waals surface area (Å²) in [5, 5.41) is 3.22. The number of likely N-dealkylation sites (tertiary alicyclic amines) is 1. The molecule has 3 aliphatic heterocycles. The lowest BCUT2D eigenvalue weighted by atomic mass is 10.00. The minimum absolute atomic E-state index is 0.0417. The summed E-state index contributed by atoms with van der Waals surface area (Å²) in [7, 11) is 0. The molecule has 0 radical (unpaired) electrons. The lowest BCUT2D eigenvalue weighted by Gasteiger charge is -2.35. The second-order valence-corrected chi connectivity index (χ2v) is 8.84. The molecule has 0 spiro atoms. The van der Waals surface area contributed by atoms with E-state index in [2.05, 4.69) is 39.4 Å². The van der Waals surface area contributed by atoms with Gasteiger partial charge in [-0.3, -0.25) is 9.69 Å². The van der Waals surface area contributed by atoms with E-state index in [-0.39, 0.29) is 17.9 Å².